The Morgan fingerprint density at radius 1 is 1.04 bits per heavy atom. The summed E-state index contributed by atoms with van der Waals surface area (Å²) in [5, 5.41) is 0.718. The van der Waals surface area contributed by atoms with Crippen LogP contribution in [0.3, 0.4) is 0 Å². The Bertz CT molecular complexity index is 659. The van der Waals surface area contributed by atoms with Crippen LogP contribution in [0.15, 0.2) is 49.1 Å². The third-order valence-electron chi connectivity index (χ3n) is 7.00. The summed E-state index contributed by atoms with van der Waals surface area (Å²) in [6.45, 7) is 1.13. The van der Waals surface area contributed by atoms with Gasteiger partial charge in [-0.2, -0.15) is 11.8 Å². The molecule has 0 saturated heterocycles. The van der Waals surface area contributed by atoms with E-state index in [-0.39, 0.29) is 0 Å². The number of hydrogen-bond acceptors (Lipinski definition) is 2. The molecule has 0 radical (unpaired) electrons. The van der Waals surface area contributed by atoms with E-state index in [0.717, 1.165) is 35.3 Å². The molecule has 132 valence electrons. The lowest BCUT2D eigenvalue weighted by molar-refractivity contribution is -0.0553. The summed E-state index contributed by atoms with van der Waals surface area (Å²) in [5.74, 6) is 4.21. The molecular formula is C22H28N2S. The van der Waals surface area contributed by atoms with Crippen LogP contribution in [0.1, 0.15) is 44.1 Å². The normalized spacial score (nSPS) is 34.3. The Morgan fingerprint density at radius 3 is 2.32 bits per heavy atom. The molecule has 2 nitrogen and oxygen atoms in total. The van der Waals surface area contributed by atoms with Crippen molar-refractivity contribution in [3.8, 4) is 0 Å². The van der Waals surface area contributed by atoms with Crippen LogP contribution in [0, 0.1) is 23.2 Å². The van der Waals surface area contributed by atoms with E-state index in [1.807, 2.05) is 12.5 Å². The second-order valence-corrected chi connectivity index (χ2v) is 10.0. The minimum absolute atomic E-state index is 0.582. The van der Waals surface area contributed by atoms with Crippen molar-refractivity contribution in [3.63, 3.8) is 0 Å². The molecule has 4 saturated carbocycles. The minimum atomic E-state index is 0.582. The molecule has 0 N–H and O–H groups in total. The molecule has 4 bridgehead atoms. The summed E-state index contributed by atoms with van der Waals surface area (Å²) in [7, 11) is 0. The highest BCUT2D eigenvalue weighted by Crippen LogP contribution is 2.63. The molecule has 2 aromatic rings. The van der Waals surface area contributed by atoms with E-state index in [1.165, 1.54) is 44.1 Å². The van der Waals surface area contributed by atoms with Crippen LogP contribution < -0.4 is 0 Å². The van der Waals surface area contributed by atoms with Gasteiger partial charge in [-0.25, -0.2) is 4.98 Å². The first-order valence-corrected chi connectivity index (χ1v) is 11.0. The topological polar surface area (TPSA) is 17.8 Å². The van der Waals surface area contributed by atoms with E-state index < -0.39 is 0 Å². The van der Waals surface area contributed by atoms with Crippen molar-refractivity contribution in [1.82, 2.24) is 9.55 Å². The molecule has 4 aliphatic rings. The fourth-order valence-electron chi connectivity index (χ4n) is 6.35. The van der Waals surface area contributed by atoms with Crippen molar-refractivity contribution < 1.29 is 0 Å². The molecular weight excluding hydrogens is 324 g/mol. The number of thioether (sulfide) groups is 1. The van der Waals surface area contributed by atoms with Gasteiger partial charge in [-0.1, -0.05) is 30.3 Å². The molecule has 3 heteroatoms. The molecule has 6 rings (SSSR count). The predicted octanol–water partition coefficient (Wildman–Crippen LogP) is 5.40. The average molecular weight is 353 g/mol. The quantitative estimate of drug-likeness (QED) is 0.692. The van der Waals surface area contributed by atoms with Crippen LogP contribution in [0.5, 0.6) is 0 Å². The minimum Gasteiger partial charge on any atom is -0.336 e. The van der Waals surface area contributed by atoms with Crippen molar-refractivity contribution in [2.24, 2.45) is 23.2 Å². The zero-order chi connectivity index (χ0) is 16.7. The first-order valence-electron chi connectivity index (χ1n) is 9.90. The highest BCUT2D eigenvalue weighted by atomic mass is 32.2. The Balaban J connectivity index is 1.39. The summed E-state index contributed by atoms with van der Waals surface area (Å²) in [6.07, 6.45) is 15.1. The van der Waals surface area contributed by atoms with Gasteiger partial charge in [-0.05, 0) is 67.3 Å². The maximum Gasteiger partial charge on any atom is 0.0946 e. The molecule has 4 fully saturated rings. The lowest BCUT2D eigenvalue weighted by Crippen LogP contribution is -2.51. The second kappa shape index (κ2) is 6.50. The monoisotopic (exact) mass is 352 g/mol. The number of aromatic nitrogens is 2. The first-order chi connectivity index (χ1) is 12.3. The SMILES string of the molecule is c1ccc(CSC(Cn2ccnc2)C23CC4CC(CC(C4)C2)C3)cc1. The summed E-state index contributed by atoms with van der Waals surface area (Å²) in [5.41, 5.74) is 2.05. The Kier molecular flexibility index (Phi) is 4.16. The van der Waals surface area contributed by atoms with Crippen molar-refractivity contribution in [2.45, 2.75) is 56.1 Å². The molecule has 0 aliphatic heterocycles. The van der Waals surface area contributed by atoms with Gasteiger partial charge >= 0.3 is 0 Å². The van der Waals surface area contributed by atoms with Gasteiger partial charge in [-0.15, -0.1) is 0 Å². The van der Waals surface area contributed by atoms with Crippen molar-refractivity contribution >= 4 is 11.8 Å². The third-order valence-corrected chi connectivity index (χ3v) is 8.55. The van der Waals surface area contributed by atoms with Crippen molar-refractivity contribution in [3.05, 3.63) is 54.6 Å². The third kappa shape index (κ3) is 3.16. The van der Waals surface area contributed by atoms with Crippen molar-refractivity contribution in [2.75, 3.05) is 0 Å². The van der Waals surface area contributed by atoms with Gasteiger partial charge in [0.15, 0.2) is 0 Å². The van der Waals surface area contributed by atoms with Crippen LogP contribution in [-0.4, -0.2) is 14.8 Å². The molecule has 1 heterocycles. The molecule has 0 spiro atoms. The zero-order valence-corrected chi connectivity index (χ0v) is 15.7. The Labute approximate surface area is 155 Å². The molecule has 1 unspecified atom stereocenters. The summed E-state index contributed by atoms with van der Waals surface area (Å²) in [4.78, 5) is 4.29. The van der Waals surface area contributed by atoms with Crippen LogP contribution in [0.25, 0.3) is 0 Å². The Hall–Kier alpha value is -1.22. The lowest BCUT2D eigenvalue weighted by atomic mass is 9.48. The van der Waals surface area contributed by atoms with Gasteiger partial charge in [-0.3, -0.25) is 0 Å². The molecule has 1 aromatic heterocycles. The fourth-order valence-corrected chi connectivity index (χ4v) is 7.86. The van der Waals surface area contributed by atoms with Gasteiger partial charge in [0.2, 0.25) is 0 Å². The highest BCUT2D eigenvalue weighted by molar-refractivity contribution is 7.99. The molecule has 25 heavy (non-hydrogen) atoms. The number of hydrogen-bond donors (Lipinski definition) is 0. The number of benzene rings is 1. The highest BCUT2D eigenvalue weighted by Gasteiger charge is 2.54. The largest absolute Gasteiger partial charge is 0.336 e. The van der Waals surface area contributed by atoms with Gasteiger partial charge in [0, 0.05) is 29.9 Å². The molecule has 1 aromatic carbocycles. The number of rotatable bonds is 6. The smallest absolute Gasteiger partial charge is 0.0946 e. The zero-order valence-electron chi connectivity index (χ0n) is 14.9. The summed E-state index contributed by atoms with van der Waals surface area (Å²) in [6, 6.07) is 11.0. The molecule has 4 aliphatic carbocycles. The van der Waals surface area contributed by atoms with Crippen LogP contribution in [0.2, 0.25) is 0 Å². The van der Waals surface area contributed by atoms with Gasteiger partial charge < -0.3 is 4.57 Å². The van der Waals surface area contributed by atoms with Crippen molar-refractivity contribution in [1.29, 1.82) is 0 Å². The second-order valence-electron chi connectivity index (χ2n) is 8.82. The maximum absolute atomic E-state index is 4.29. The molecule has 0 amide bonds. The fraction of sp³-hybridized carbons (Fsp3) is 0.591. The van der Waals surface area contributed by atoms with Gasteiger partial charge in [0.05, 0.1) is 6.33 Å². The van der Waals surface area contributed by atoms with E-state index >= 15 is 0 Å². The van der Waals surface area contributed by atoms with Crippen LogP contribution in [-0.2, 0) is 12.3 Å². The predicted molar refractivity (Wildman–Crippen MR) is 104 cm³/mol. The number of nitrogens with zero attached hydrogens (tertiary/aromatic N) is 2. The maximum atomic E-state index is 4.29. The van der Waals surface area contributed by atoms with E-state index in [9.17, 15) is 0 Å². The first kappa shape index (κ1) is 16.0. The van der Waals surface area contributed by atoms with Crippen LogP contribution >= 0.6 is 11.8 Å². The van der Waals surface area contributed by atoms with E-state index in [4.69, 9.17) is 0 Å². The Morgan fingerprint density at radius 2 is 1.72 bits per heavy atom. The molecule has 1 atom stereocenters. The lowest BCUT2D eigenvalue weighted by Gasteiger charge is -2.59. The van der Waals surface area contributed by atoms with E-state index in [0.29, 0.717) is 5.41 Å². The van der Waals surface area contributed by atoms with E-state index in [1.54, 1.807) is 0 Å². The van der Waals surface area contributed by atoms with Gasteiger partial charge in [0.1, 0.15) is 0 Å². The van der Waals surface area contributed by atoms with Gasteiger partial charge in [0.25, 0.3) is 0 Å². The average Bonchev–Trinajstić information content (AvgIpc) is 3.11. The van der Waals surface area contributed by atoms with Crippen LogP contribution in [0.4, 0.5) is 0 Å². The summed E-state index contributed by atoms with van der Waals surface area (Å²) < 4.78 is 2.32. The standard InChI is InChI=1S/C22H28N2S/c1-2-4-17(5-3-1)15-25-21(14-24-7-6-23-16-24)22-11-18-8-19(12-22)10-20(9-18)13-22/h1-7,16,18-21H,8-15H2. The number of imidazole rings is 1. The van der Waals surface area contributed by atoms with E-state index in [2.05, 4.69) is 57.8 Å². The summed E-state index contributed by atoms with van der Waals surface area (Å²) >= 11 is 2.21.